The van der Waals surface area contributed by atoms with Gasteiger partial charge < -0.3 is 23.9 Å². The highest BCUT2D eigenvalue weighted by Gasteiger charge is 2.52. The van der Waals surface area contributed by atoms with Crippen LogP contribution in [0.25, 0.3) is 11.2 Å². The number of aryl methyl sites for hydroxylation is 1. The highest BCUT2D eigenvalue weighted by Crippen LogP contribution is 2.38. The molecule has 1 aliphatic heterocycles. The van der Waals surface area contributed by atoms with E-state index < -0.39 is 42.3 Å². The van der Waals surface area contributed by atoms with Crippen molar-refractivity contribution in [3.8, 4) is 0 Å². The normalized spacial score (nSPS) is 19.4. The first-order chi connectivity index (χ1) is 21.4. The van der Waals surface area contributed by atoms with Crippen molar-refractivity contribution in [1.82, 2.24) is 19.9 Å². The van der Waals surface area contributed by atoms with E-state index in [1.807, 2.05) is 0 Å². The van der Waals surface area contributed by atoms with Gasteiger partial charge in [-0.25, -0.2) is 29.3 Å². The molecule has 44 heavy (non-hydrogen) atoms. The van der Waals surface area contributed by atoms with Gasteiger partial charge in [0.05, 0.1) is 27.9 Å². The number of aromatic nitrogens is 4. The Hall–Kier alpha value is -5.13. The first-order valence-electron chi connectivity index (χ1n) is 13.6. The molecular weight excluding hydrogens is 588 g/mol. The zero-order valence-corrected chi connectivity index (χ0v) is 24.0. The third-order valence-electron chi connectivity index (χ3n) is 7.07. The van der Waals surface area contributed by atoms with E-state index in [4.69, 9.17) is 30.5 Å². The molecule has 0 spiro atoms. The first kappa shape index (κ1) is 29.0. The van der Waals surface area contributed by atoms with Gasteiger partial charge in [-0.3, -0.25) is 0 Å². The lowest BCUT2D eigenvalue weighted by Gasteiger charge is -2.24. The number of benzene rings is 3. The summed E-state index contributed by atoms with van der Waals surface area (Å²) in [4.78, 5) is 55.5. The van der Waals surface area contributed by atoms with E-state index in [0.29, 0.717) is 16.7 Å². The summed E-state index contributed by atoms with van der Waals surface area (Å²) < 4.78 is 23.9. The average molecular weight is 613 g/mol. The summed E-state index contributed by atoms with van der Waals surface area (Å²) in [7, 11) is 0. The molecule has 11 nitrogen and oxygen atoms in total. The fourth-order valence-corrected chi connectivity index (χ4v) is 5.22. The largest absolute Gasteiger partial charge is 0.459 e. The molecule has 12 heteroatoms. The Kier molecular flexibility index (Phi) is 8.31. The van der Waals surface area contributed by atoms with Gasteiger partial charge in [-0.15, -0.1) is 0 Å². The number of nitrogens with one attached hydrogen (secondary N) is 1. The predicted octanol–water partition coefficient (Wildman–Crippen LogP) is 5.06. The molecule has 1 fully saturated rings. The lowest BCUT2D eigenvalue weighted by atomic mass is 10.1. The highest BCUT2D eigenvalue weighted by atomic mass is 35.5. The number of imidazole rings is 1. The van der Waals surface area contributed by atoms with E-state index in [2.05, 4.69) is 19.9 Å². The molecule has 1 aliphatic rings. The van der Waals surface area contributed by atoms with Crippen molar-refractivity contribution in [2.24, 2.45) is 0 Å². The van der Waals surface area contributed by atoms with Crippen LogP contribution >= 0.6 is 11.6 Å². The van der Waals surface area contributed by atoms with E-state index in [9.17, 15) is 14.4 Å². The SMILES string of the molecule is Cc1cccc(Cl)c1C(=O)OC[C@H]1OC(c2nc3ncncc3[nH]2)[C@H](OC(=O)c2ccccc2)[C@@H]1OC(=O)c1ccccc1. The number of carbonyl (C=O) groups is 3. The smallest absolute Gasteiger partial charge is 0.340 e. The molecule has 2 aromatic heterocycles. The molecule has 0 saturated carbocycles. The molecule has 3 heterocycles. The van der Waals surface area contributed by atoms with Gasteiger partial charge in [-0.1, -0.05) is 60.1 Å². The molecule has 222 valence electrons. The van der Waals surface area contributed by atoms with Gasteiger partial charge in [0.1, 0.15) is 30.4 Å². The van der Waals surface area contributed by atoms with Crippen LogP contribution in [-0.2, 0) is 18.9 Å². The minimum absolute atomic E-state index is 0.199. The second kappa shape index (κ2) is 12.6. The number of H-pyrrole nitrogens is 1. The van der Waals surface area contributed by atoms with Gasteiger partial charge in [0.2, 0.25) is 0 Å². The molecule has 0 aliphatic carbocycles. The third-order valence-corrected chi connectivity index (χ3v) is 7.38. The van der Waals surface area contributed by atoms with Gasteiger partial charge in [0.15, 0.2) is 24.0 Å². The number of hydrogen-bond donors (Lipinski definition) is 1. The van der Waals surface area contributed by atoms with Crippen LogP contribution in [0.5, 0.6) is 0 Å². The predicted molar refractivity (Wildman–Crippen MR) is 157 cm³/mol. The summed E-state index contributed by atoms with van der Waals surface area (Å²) in [5, 5.41) is 0.227. The Morgan fingerprint density at radius 1 is 0.864 bits per heavy atom. The summed E-state index contributed by atoms with van der Waals surface area (Å²) in [5.74, 6) is -1.80. The maximum Gasteiger partial charge on any atom is 0.340 e. The fraction of sp³-hybridized carbons (Fsp3) is 0.188. The van der Waals surface area contributed by atoms with Crippen molar-refractivity contribution in [2.75, 3.05) is 6.61 Å². The van der Waals surface area contributed by atoms with Crippen LogP contribution in [0, 0.1) is 6.92 Å². The molecule has 0 amide bonds. The van der Waals surface area contributed by atoms with Crippen LogP contribution in [0.15, 0.2) is 91.4 Å². The second-order valence-corrected chi connectivity index (χ2v) is 10.4. The van der Waals surface area contributed by atoms with Gasteiger partial charge in [0, 0.05) is 0 Å². The molecule has 5 aromatic rings. The number of fused-ring (bicyclic) bond motifs is 1. The molecule has 3 aromatic carbocycles. The number of nitrogens with zero attached hydrogens (tertiary/aromatic N) is 3. The van der Waals surface area contributed by atoms with Crippen molar-refractivity contribution in [3.05, 3.63) is 124 Å². The summed E-state index contributed by atoms with van der Waals surface area (Å²) >= 11 is 6.28. The standard InChI is InChI=1S/C32H25ClN4O7/c1-18-9-8-14-21(33)24(18)32(40)41-16-23-25(43-30(38)19-10-4-2-5-11-19)26(44-31(39)20-12-6-3-7-13-20)27(42-23)29-36-22-15-34-17-35-28(22)37-29/h2-15,17,23,25-27H,16H2,1H3,(H,34,35,36,37)/t23-,25-,26-,27?/m1/s1. The van der Waals surface area contributed by atoms with Gasteiger partial charge in [-0.05, 0) is 42.8 Å². The van der Waals surface area contributed by atoms with Crippen molar-refractivity contribution < 1.29 is 33.3 Å². The Balaban J connectivity index is 1.35. The van der Waals surface area contributed by atoms with Gasteiger partial charge in [-0.2, -0.15) is 0 Å². The molecule has 1 N–H and O–H groups in total. The molecule has 1 unspecified atom stereocenters. The molecule has 0 radical (unpaired) electrons. The molecule has 0 bridgehead atoms. The summed E-state index contributed by atoms with van der Waals surface area (Å²) in [6, 6.07) is 21.7. The minimum atomic E-state index is -1.21. The lowest BCUT2D eigenvalue weighted by Crippen LogP contribution is -2.41. The third kappa shape index (κ3) is 6.01. The Morgan fingerprint density at radius 2 is 1.52 bits per heavy atom. The molecule has 6 rings (SSSR count). The topological polar surface area (TPSA) is 143 Å². The molecule has 1 saturated heterocycles. The fourth-order valence-electron chi connectivity index (χ4n) is 4.92. The highest BCUT2D eigenvalue weighted by molar-refractivity contribution is 6.33. The number of hydrogen-bond acceptors (Lipinski definition) is 10. The van der Waals surface area contributed by atoms with Crippen LogP contribution < -0.4 is 0 Å². The number of ether oxygens (including phenoxy) is 4. The van der Waals surface area contributed by atoms with Crippen LogP contribution in [-0.4, -0.2) is 62.8 Å². The Labute approximate surface area is 256 Å². The monoisotopic (exact) mass is 612 g/mol. The lowest BCUT2D eigenvalue weighted by molar-refractivity contribution is -0.0453. The number of halogens is 1. The average Bonchev–Trinajstić information content (AvgIpc) is 3.62. The van der Waals surface area contributed by atoms with E-state index in [1.54, 1.807) is 85.8 Å². The maximum atomic E-state index is 13.3. The summed E-state index contributed by atoms with van der Waals surface area (Å²) in [6.45, 7) is 1.38. The quantitative estimate of drug-likeness (QED) is 0.186. The number of carbonyl (C=O) groups excluding carboxylic acids is 3. The zero-order valence-electron chi connectivity index (χ0n) is 23.3. The zero-order chi connectivity index (χ0) is 30.6. The van der Waals surface area contributed by atoms with E-state index in [1.165, 1.54) is 12.5 Å². The van der Waals surface area contributed by atoms with E-state index in [0.717, 1.165) is 0 Å². The second-order valence-electron chi connectivity index (χ2n) is 9.98. The van der Waals surface area contributed by atoms with E-state index >= 15 is 0 Å². The van der Waals surface area contributed by atoms with Crippen molar-refractivity contribution in [3.63, 3.8) is 0 Å². The van der Waals surface area contributed by atoms with Crippen LogP contribution in [0.1, 0.15) is 48.6 Å². The summed E-state index contributed by atoms with van der Waals surface area (Å²) in [5.41, 5.74) is 2.24. The molecule has 4 atom stereocenters. The van der Waals surface area contributed by atoms with Gasteiger partial charge in [0.25, 0.3) is 0 Å². The van der Waals surface area contributed by atoms with Crippen molar-refractivity contribution >= 4 is 40.7 Å². The first-order valence-corrected chi connectivity index (χ1v) is 14.0. The van der Waals surface area contributed by atoms with Gasteiger partial charge >= 0.3 is 17.9 Å². The van der Waals surface area contributed by atoms with Crippen LogP contribution in [0.4, 0.5) is 0 Å². The van der Waals surface area contributed by atoms with Crippen LogP contribution in [0.3, 0.4) is 0 Å². The Morgan fingerprint density at radius 3 is 2.16 bits per heavy atom. The number of aromatic amines is 1. The molecular formula is C32H25ClN4O7. The Bertz CT molecular complexity index is 1760. The van der Waals surface area contributed by atoms with Crippen LogP contribution in [0.2, 0.25) is 5.02 Å². The summed E-state index contributed by atoms with van der Waals surface area (Å²) in [6.07, 6.45) is -1.65. The maximum absolute atomic E-state index is 13.3. The number of esters is 3. The number of rotatable bonds is 8. The van der Waals surface area contributed by atoms with Crippen molar-refractivity contribution in [1.29, 1.82) is 0 Å². The van der Waals surface area contributed by atoms with Crippen molar-refractivity contribution in [2.45, 2.75) is 31.3 Å². The van der Waals surface area contributed by atoms with E-state index in [-0.39, 0.29) is 34.1 Å². The minimum Gasteiger partial charge on any atom is -0.459 e.